The first-order valence-electron chi connectivity index (χ1n) is 24.5. The van der Waals surface area contributed by atoms with Crippen LogP contribution in [0.3, 0.4) is 0 Å². The van der Waals surface area contributed by atoms with Crippen molar-refractivity contribution in [2.75, 3.05) is 6.54 Å². The van der Waals surface area contributed by atoms with Crippen molar-refractivity contribution in [1.82, 2.24) is 4.90 Å². The summed E-state index contributed by atoms with van der Waals surface area (Å²) in [7, 11) is 0. The fraction of sp³-hybridized carbons (Fsp3) is 0.712. The van der Waals surface area contributed by atoms with E-state index in [4.69, 9.17) is 18.9 Å². The molecule has 5 rings (SSSR count). The molecular weight excluding hydrogens is 847 g/mol. The number of piperidine rings is 1. The van der Waals surface area contributed by atoms with Crippen molar-refractivity contribution in [2.45, 2.75) is 200 Å². The first-order valence-corrected chi connectivity index (χ1v) is 24.5. The van der Waals surface area contributed by atoms with Crippen molar-refractivity contribution in [3.8, 4) is 5.75 Å². The van der Waals surface area contributed by atoms with Gasteiger partial charge in [0.15, 0.2) is 6.29 Å². The Morgan fingerprint density at radius 3 is 2.29 bits per heavy atom. The van der Waals surface area contributed by atoms with E-state index < -0.39 is 96.4 Å². The second kappa shape index (κ2) is 23.7. The summed E-state index contributed by atoms with van der Waals surface area (Å²) in [5.41, 5.74) is 2.86. The Hall–Kier alpha value is -3.47. The number of hydrogen-bond donors (Lipinski definition) is 6. The van der Waals surface area contributed by atoms with Gasteiger partial charge in [0.25, 0.3) is 11.7 Å². The summed E-state index contributed by atoms with van der Waals surface area (Å²) in [5, 5.41) is 67.4. The van der Waals surface area contributed by atoms with E-state index in [1.807, 2.05) is 66.7 Å². The monoisotopic (exact) mass is 926 g/mol. The summed E-state index contributed by atoms with van der Waals surface area (Å²) in [6.07, 6.45) is 2.98. The van der Waals surface area contributed by atoms with Crippen LogP contribution in [-0.2, 0) is 33.3 Å². The highest BCUT2D eigenvalue weighted by Crippen LogP contribution is 2.40. The zero-order valence-electron chi connectivity index (χ0n) is 40.7. The molecule has 1 aromatic rings. The number of ether oxygens (including phenoxy) is 4. The molecule has 4 aliphatic rings. The lowest BCUT2D eigenvalue weighted by Crippen LogP contribution is -2.61. The Balaban J connectivity index is 1.50. The van der Waals surface area contributed by atoms with Gasteiger partial charge in [-0.1, -0.05) is 71.9 Å². The molecule has 3 saturated heterocycles. The van der Waals surface area contributed by atoms with Gasteiger partial charge in [0.1, 0.15) is 17.9 Å². The van der Waals surface area contributed by atoms with E-state index in [9.17, 15) is 45.0 Å². The van der Waals surface area contributed by atoms with Gasteiger partial charge in [-0.3, -0.25) is 9.59 Å². The van der Waals surface area contributed by atoms with E-state index in [0.29, 0.717) is 56.1 Å². The molecule has 4 aliphatic heterocycles. The molecule has 0 spiro atoms. The number of carbonyl (C=O) groups is 3. The summed E-state index contributed by atoms with van der Waals surface area (Å²) in [6.45, 7) is 16.8. The van der Waals surface area contributed by atoms with E-state index in [0.717, 1.165) is 11.1 Å². The SMILES string of the molecule is CC/C1=C\CC(/C(C)=C/C(C)C(C)O)OC(=O)C2CCCCN2C(=O)C(=O)C2(O)OC(CCC2C)CC(O)C(C)C2CC(CC(O)/C(C)=C/C(C)CC(C)C1O)OC(c1ccc(O)cc1)O2. The predicted octanol–water partition coefficient (Wildman–Crippen LogP) is 6.74. The highest BCUT2D eigenvalue weighted by molar-refractivity contribution is 6.39. The van der Waals surface area contributed by atoms with Gasteiger partial charge >= 0.3 is 5.97 Å². The zero-order valence-corrected chi connectivity index (χ0v) is 40.7. The molecule has 14 heteroatoms. The Bertz CT molecular complexity index is 1880. The van der Waals surface area contributed by atoms with Crippen molar-refractivity contribution >= 4 is 17.7 Å². The van der Waals surface area contributed by atoms with Gasteiger partial charge in [0.05, 0.1) is 42.7 Å². The number of nitrogens with zero attached hydrogens (tertiary/aromatic N) is 1. The van der Waals surface area contributed by atoms with Crippen LogP contribution in [0.1, 0.15) is 145 Å². The van der Waals surface area contributed by atoms with Crippen LogP contribution in [0, 0.1) is 29.6 Å². The summed E-state index contributed by atoms with van der Waals surface area (Å²) in [5.74, 6) is -7.08. The maximum atomic E-state index is 14.3. The molecule has 6 N–H and O–H groups in total. The third-order valence-electron chi connectivity index (χ3n) is 14.7. The minimum atomic E-state index is -2.51. The second-order valence-corrected chi connectivity index (χ2v) is 20.1. The lowest BCUT2D eigenvalue weighted by atomic mass is 9.83. The number of amides is 1. The van der Waals surface area contributed by atoms with Gasteiger partial charge < -0.3 is 54.5 Å². The van der Waals surface area contributed by atoms with Crippen LogP contribution in [0.5, 0.6) is 5.75 Å². The molecular formula is C52H79NO13. The number of aliphatic hydroxyl groups excluding tert-OH is 4. The molecule has 4 heterocycles. The van der Waals surface area contributed by atoms with Gasteiger partial charge in [0, 0.05) is 49.1 Å². The first-order chi connectivity index (χ1) is 31.1. The van der Waals surface area contributed by atoms with Crippen molar-refractivity contribution in [2.24, 2.45) is 29.6 Å². The number of fused-ring (bicyclic) bond motifs is 5. The summed E-state index contributed by atoms with van der Waals surface area (Å²) < 4.78 is 25.3. The molecule has 370 valence electrons. The van der Waals surface area contributed by atoms with Crippen LogP contribution in [0.2, 0.25) is 0 Å². The molecule has 66 heavy (non-hydrogen) atoms. The minimum absolute atomic E-state index is 0.00941. The van der Waals surface area contributed by atoms with E-state index >= 15 is 0 Å². The number of esters is 1. The normalized spacial score (nSPS) is 39.2. The molecule has 0 radical (unpaired) electrons. The quantitative estimate of drug-likeness (QED) is 0.103. The highest BCUT2D eigenvalue weighted by Gasteiger charge is 2.53. The van der Waals surface area contributed by atoms with E-state index in [2.05, 4.69) is 0 Å². The number of hydrogen-bond acceptors (Lipinski definition) is 13. The fourth-order valence-corrected chi connectivity index (χ4v) is 10.0. The van der Waals surface area contributed by atoms with Crippen molar-refractivity contribution in [1.29, 1.82) is 0 Å². The van der Waals surface area contributed by atoms with Crippen molar-refractivity contribution in [3.05, 3.63) is 64.8 Å². The lowest BCUT2D eigenvalue weighted by molar-refractivity contribution is -0.275. The maximum Gasteiger partial charge on any atom is 0.329 e. The first kappa shape index (κ1) is 53.5. The standard InChI is InChI=1S/C52H79NO13/c1-10-37-17-21-45(32(5)25-30(3)36(9)54)64-50(61)42-13-11-12-22-53(42)49(60)48(59)52(62)34(7)14-20-40(66-52)26-44(57)35(8)46-28-41(63-51(65-46)38-15-18-39(55)19-16-38)27-43(56)31(4)23-29(2)24-33(6)47(37)58/h15-19,23,25,29-30,33-36,40-47,51,54-58,62H,10-14,20-22,24,26-28H2,1-9H3/b31-23+,32-25+,37-17+. The Morgan fingerprint density at radius 1 is 0.924 bits per heavy atom. The van der Waals surface area contributed by atoms with E-state index in [-0.39, 0.29) is 55.7 Å². The summed E-state index contributed by atoms with van der Waals surface area (Å²) in [6, 6.07) is 5.37. The fourth-order valence-electron chi connectivity index (χ4n) is 10.0. The van der Waals surface area contributed by atoms with Crippen LogP contribution in [-0.4, -0.2) is 120 Å². The number of phenols is 1. The number of aliphatic hydroxyl groups is 5. The van der Waals surface area contributed by atoms with Gasteiger partial charge in [0.2, 0.25) is 5.79 Å². The topological polar surface area (TPSA) is 213 Å². The minimum Gasteiger partial charge on any atom is -0.508 e. The molecule has 1 amide bonds. The number of phenolic OH excluding ortho intramolecular Hbond substituents is 1. The number of benzene rings is 1. The molecule has 0 aliphatic carbocycles. The number of cyclic esters (lactones) is 1. The number of Topliss-reactive ketones (excluding diaryl/α,β-unsaturated/α-hetero) is 1. The molecule has 16 atom stereocenters. The number of aromatic hydroxyl groups is 1. The smallest absolute Gasteiger partial charge is 0.329 e. The van der Waals surface area contributed by atoms with E-state index in [1.54, 1.807) is 26.0 Å². The Morgan fingerprint density at radius 2 is 1.62 bits per heavy atom. The molecule has 4 bridgehead atoms. The van der Waals surface area contributed by atoms with Crippen LogP contribution in [0.4, 0.5) is 0 Å². The molecule has 0 aromatic heterocycles. The van der Waals surface area contributed by atoms with Gasteiger partial charge in [-0.15, -0.1) is 0 Å². The van der Waals surface area contributed by atoms with Crippen LogP contribution in [0.15, 0.2) is 59.2 Å². The Kier molecular flexibility index (Phi) is 19.2. The molecule has 3 fully saturated rings. The number of carbonyl (C=O) groups excluding carboxylic acids is 3. The average Bonchev–Trinajstić information content (AvgIpc) is 3.28. The summed E-state index contributed by atoms with van der Waals surface area (Å²) in [4.78, 5) is 43.9. The van der Waals surface area contributed by atoms with Crippen molar-refractivity contribution < 1.29 is 64.0 Å². The van der Waals surface area contributed by atoms with Crippen LogP contribution >= 0.6 is 0 Å². The molecule has 14 nitrogen and oxygen atoms in total. The number of rotatable bonds is 5. The highest BCUT2D eigenvalue weighted by atomic mass is 16.7. The van der Waals surface area contributed by atoms with E-state index in [1.165, 1.54) is 17.0 Å². The number of allylic oxidation sites excluding steroid dienone is 1. The lowest BCUT2D eigenvalue weighted by Gasteiger charge is -2.43. The molecule has 0 saturated carbocycles. The Labute approximate surface area is 392 Å². The number of ketones is 1. The molecule has 1 aromatic carbocycles. The second-order valence-electron chi connectivity index (χ2n) is 20.1. The average molecular weight is 926 g/mol. The summed E-state index contributed by atoms with van der Waals surface area (Å²) >= 11 is 0. The zero-order chi connectivity index (χ0) is 48.6. The van der Waals surface area contributed by atoms with Gasteiger partial charge in [-0.05, 0) is 113 Å². The van der Waals surface area contributed by atoms with Crippen LogP contribution in [0.25, 0.3) is 0 Å². The third kappa shape index (κ3) is 13.4. The van der Waals surface area contributed by atoms with Crippen LogP contribution < -0.4 is 0 Å². The van der Waals surface area contributed by atoms with Gasteiger partial charge in [-0.2, -0.15) is 0 Å². The van der Waals surface area contributed by atoms with Crippen molar-refractivity contribution in [3.63, 3.8) is 0 Å². The molecule has 16 unspecified atom stereocenters. The maximum absolute atomic E-state index is 14.3. The van der Waals surface area contributed by atoms with Gasteiger partial charge in [-0.25, -0.2) is 4.79 Å². The third-order valence-corrected chi connectivity index (χ3v) is 14.7. The largest absolute Gasteiger partial charge is 0.508 e. The predicted molar refractivity (Wildman–Crippen MR) is 248 cm³/mol.